The maximum absolute atomic E-state index is 12.1. The molecule has 0 aromatic heterocycles. The number of aromatic hydroxyl groups is 1. The van der Waals surface area contributed by atoms with Gasteiger partial charge < -0.3 is 10.4 Å². The Balaban J connectivity index is 1.86. The third kappa shape index (κ3) is 4.03. The van der Waals surface area contributed by atoms with Crippen molar-refractivity contribution in [2.24, 2.45) is 4.99 Å². The smallest absolute Gasteiger partial charge is 0.264 e. The fraction of sp³-hybridized carbons (Fsp3) is 0. The number of nitrogens with zero attached hydrogens (tertiary/aromatic N) is 1. The van der Waals surface area contributed by atoms with Crippen LogP contribution in [0.15, 0.2) is 55.2 Å². The van der Waals surface area contributed by atoms with Gasteiger partial charge in [-0.2, -0.15) is 0 Å². The number of hydrogen-bond donors (Lipinski definition) is 2. The Morgan fingerprint density at radius 3 is 2.42 bits per heavy atom. The van der Waals surface area contributed by atoms with Crippen LogP contribution in [0.2, 0.25) is 5.02 Å². The first-order chi connectivity index (χ1) is 11.4. The minimum absolute atomic E-state index is 0.116. The third-order valence-corrected chi connectivity index (χ3v) is 5.42. The molecular formula is C16H9Br2ClN2O2S. The fourth-order valence-electron chi connectivity index (χ4n) is 1.93. The molecule has 8 heteroatoms. The van der Waals surface area contributed by atoms with Gasteiger partial charge in [0, 0.05) is 5.02 Å². The van der Waals surface area contributed by atoms with Crippen molar-refractivity contribution in [3.8, 4) is 5.75 Å². The van der Waals surface area contributed by atoms with Gasteiger partial charge in [0.25, 0.3) is 5.91 Å². The summed E-state index contributed by atoms with van der Waals surface area (Å²) in [5, 5.41) is 13.6. The Morgan fingerprint density at radius 2 is 1.79 bits per heavy atom. The van der Waals surface area contributed by atoms with E-state index in [1.807, 2.05) is 0 Å². The van der Waals surface area contributed by atoms with E-state index in [0.717, 1.165) is 5.56 Å². The number of rotatable bonds is 2. The highest BCUT2D eigenvalue weighted by atomic mass is 79.9. The van der Waals surface area contributed by atoms with Crippen LogP contribution in [0.5, 0.6) is 5.75 Å². The van der Waals surface area contributed by atoms with Crippen molar-refractivity contribution >= 4 is 78.1 Å². The second kappa shape index (κ2) is 7.31. The molecule has 0 aliphatic carbocycles. The first-order valence-corrected chi connectivity index (χ1v) is 9.43. The van der Waals surface area contributed by atoms with Crippen molar-refractivity contribution in [1.29, 1.82) is 0 Å². The zero-order valence-electron chi connectivity index (χ0n) is 11.9. The number of benzene rings is 2. The van der Waals surface area contributed by atoms with E-state index in [2.05, 4.69) is 42.2 Å². The van der Waals surface area contributed by atoms with Gasteiger partial charge >= 0.3 is 0 Å². The van der Waals surface area contributed by atoms with E-state index in [0.29, 0.717) is 29.7 Å². The molecule has 2 aromatic rings. The second-order valence-corrected chi connectivity index (χ2v) is 7.97. The highest BCUT2D eigenvalue weighted by Gasteiger charge is 2.24. The summed E-state index contributed by atoms with van der Waals surface area (Å²) in [6.45, 7) is 0. The van der Waals surface area contributed by atoms with E-state index in [-0.39, 0.29) is 11.7 Å². The Hall–Kier alpha value is -1.28. The number of amides is 1. The molecule has 1 heterocycles. The molecule has 0 unspecified atom stereocenters. The molecule has 0 atom stereocenters. The highest BCUT2D eigenvalue weighted by Crippen LogP contribution is 2.35. The van der Waals surface area contributed by atoms with Crippen molar-refractivity contribution in [1.82, 2.24) is 5.32 Å². The average Bonchev–Trinajstić information content (AvgIpc) is 2.87. The standard InChI is InChI=1S/C16H9Br2ClN2O2S/c17-11-5-8(6-12(18)14(11)22)7-13-15(23)21-16(24-13)20-10-3-1-9(19)2-4-10/h1-7,22H,(H,20,21,23)/b13-7-. The fourth-order valence-corrected chi connectivity index (χ4v) is 4.12. The Kier molecular flexibility index (Phi) is 5.34. The lowest BCUT2D eigenvalue weighted by molar-refractivity contribution is -0.115. The molecule has 2 N–H and O–H groups in total. The van der Waals surface area contributed by atoms with Crippen LogP contribution in [0.25, 0.3) is 6.08 Å². The van der Waals surface area contributed by atoms with Gasteiger partial charge in [0.1, 0.15) is 5.75 Å². The Labute approximate surface area is 164 Å². The maximum Gasteiger partial charge on any atom is 0.264 e. The van der Waals surface area contributed by atoms with Crippen LogP contribution < -0.4 is 5.32 Å². The van der Waals surface area contributed by atoms with Gasteiger partial charge in [0.2, 0.25) is 0 Å². The number of carbonyl (C=O) groups is 1. The summed E-state index contributed by atoms with van der Waals surface area (Å²) in [5.41, 5.74) is 1.48. The van der Waals surface area contributed by atoms with Gasteiger partial charge in [-0.3, -0.25) is 4.79 Å². The molecule has 1 aliphatic rings. The highest BCUT2D eigenvalue weighted by molar-refractivity contribution is 9.11. The zero-order chi connectivity index (χ0) is 17.3. The molecule has 2 aromatic carbocycles. The second-order valence-electron chi connectivity index (χ2n) is 4.79. The van der Waals surface area contributed by atoms with Crippen LogP contribution in [-0.2, 0) is 4.79 Å². The van der Waals surface area contributed by atoms with Crippen molar-refractivity contribution in [2.75, 3.05) is 0 Å². The molecule has 3 rings (SSSR count). The average molecular weight is 489 g/mol. The molecule has 1 fully saturated rings. The number of phenolic OH excluding ortho intramolecular Hbond substituents is 1. The number of halogens is 3. The quantitative estimate of drug-likeness (QED) is 0.552. The van der Waals surface area contributed by atoms with Crippen LogP contribution in [-0.4, -0.2) is 16.2 Å². The lowest BCUT2D eigenvalue weighted by atomic mass is 10.2. The Morgan fingerprint density at radius 1 is 1.17 bits per heavy atom. The van der Waals surface area contributed by atoms with Gasteiger partial charge in [0.05, 0.1) is 19.5 Å². The maximum atomic E-state index is 12.1. The lowest BCUT2D eigenvalue weighted by Crippen LogP contribution is -2.19. The summed E-state index contributed by atoms with van der Waals surface area (Å²) in [5.74, 6) is -0.0984. The first-order valence-electron chi connectivity index (χ1n) is 6.65. The number of amidine groups is 1. The summed E-state index contributed by atoms with van der Waals surface area (Å²) in [6.07, 6.45) is 1.74. The SMILES string of the molecule is O=C1NC(=Nc2ccc(Cl)cc2)S/C1=C\c1cc(Br)c(O)c(Br)c1. The number of phenols is 1. The molecule has 0 spiro atoms. The minimum atomic E-state index is -0.215. The number of thioether (sulfide) groups is 1. The van der Waals surface area contributed by atoms with Crippen LogP contribution in [0.3, 0.4) is 0 Å². The Bertz CT molecular complexity index is 859. The van der Waals surface area contributed by atoms with Gasteiger partial charge in [-0.15, -0.1) is 0 Å². The molecule has 0 radical (unpaired) electrons. The monoisotopic (exact) mass is 486 g/mol. The molecule has 0 saturated carbocycles. The number of hydrogen-bond acceptors (Lipinski definition) is 4. The number of carbonyl (C=O) groups excluding carboxylic acids is 1. The van der Waals surface area contributed by atoms with Gasteiger partial charge in [0.15, 0.2) is 5.17 Å². The van der Waals surface area contributed by atoms with Crippen LogP contribution in [0.4, 0.5) is 5.69 Å². The van der Waals surface area contributed by atoms with E-state index in [1.54, 1.807) is 42.5 Å². The molecule has 4 nitrogen and oxygen atoms in total. The van der Waals surface area contributed by atoms with Crippen molar-refractivity contribution in [3.63, 3.8) is 0 Å². The van der Waals surface area contributed by atoms with E-state index >= 15 is 0 Å². The van der Waals surface area contributed by atoms with Crippen molar-refractivity contribution in [3.05, 3.63) is 60.8 Å². The summed E-state index contributed by atoms with van der Waals surface area (Å²) >= 11 is 13.6. The first kappa shape index (κ1) is 17.5. The van der Waals surface area contributed by atoms with E-state index in [1.165, 1.54) is 11.8 Å². The third-order valence-electron chi connectivity index (χ3n) is 3.05. The number of aliphatic imine (C=N–C) groups is 1. The summed E-state index contributed by atoms with van der Waals surface area (Å²) < 4.78 is 1.09. The van der Waals surface area contributed by atoms with Gasteiger partial charge in [-0.1, -0.05) is 11.6 Å². The summed E-state index contributed by atoms with van der Waals surface area (Å²) in [4.78, 5) is 17.0. The topological polar surface area (TPSA) is 61.7 Å². The molecular weight excluding hydrogens is 480 g/mol. The normalized spacial score (nSPS) is 17.5. The van der Waals surface area contributed by atoms with Crippen molar-refractivity contribution in [2.45, 2.75) is 0 Å². The van der Waals surface area contributed by atoms with Crippen LogP contribution in [0.1, 0.15) is 5.56 Å². The predicted molar refractivity (Wildman–Crippen MR) is 106 cm³/mol. The molecule has 1 saturated heterocycles. The van der Waals surface area contributed by atoms with Gasteiger partial charge in [-0.05, 0) is 91.7 Å². The molecule has 122 valence electrons. The summed E-state index contributed by atoms with van der Waals surface area (Å²) in [6, 6.07) is 10.5. The molecule has 0 bridgehead atoms. The van der Waals surface area contributed by atoms with E-state index in [9.17, 15) is 9.90 Å². The summed E-state index contributed by atoms with van der Waals surface area (Å²) in [7, 11) is 0. The van der Waals surface area contributed by atoms with Crippen molar-refractivity contribution < 1.29 is 9.90 Å². The number of nitrogens with one attached hydrogen (secondary N) is 1. The molecule has 24 heavy (non-hydrogen) atoms. The van der Waals surface area contributed by atoms with E-state index in [4.69, 9.17) is 11.6 Å². The van der Waals surface area contributed by atoms with Gasteiger partial charge in [-0.25, -0.2) is 4.99 Å². The predicted octanol–water partition coefficient (Wildman–Crippen LogP) is 5.46. The van der Waals surface area contributed by atoms with E-state index < -0.39 is 0 Å². The van der Waals surface area contributed by atoms with Crippen LogP contribution in [0, 0.1) is 0 Å². The van der Waals surface area contributed by atoms with Crippen LogP contribution >= 0.6 is 55.2 Å². The molecule has 1 amide bonds. The lowest BCUT2D eigenvalue weighted by Gasteiger charge is -2.02. The zero-order valence-corrected chi connectivity index (χ0v) is 16.6. The minimum Gasteiger partial charge on any atom is -0.506 e. The largest absolute Gasteiger partial charge is 0.506 e. The molecule has 1 aliphatic heterocycles.